The molecule has 1 aliphatic rings. The van der Waals surface area contributed by atoms with Gasteiger partial charge in [0.2, 0.25) is 5.91 Å². The molecular formula is C16H27N7O5S. The first kappa shape index (κ1) is 24.3. The van der Waals surface area contributed by atoms with Crippen molar-refractivity contribution in [2.45, 2.75) is 25.7 Å². The predicted molar refractivity (Wildman–Crippen MR) is 109 cm³/mol. The molecule has 1 fully saturated rings. The molecule has 0 saturated heterocycles. The number of pyridine rings is 1. The summed E-state index contributed by atoms with van der Waals surface area (Å²) >= 11 is 0. The Morgan fingerprint density at radius 2 is 2.00 bits per heavy atom. The molecule has 1 amide bonds. The second-order valence-corrected chi connectivity index (χ2v) is 8.19. The minimum Gasteiger partial charge on any atom is -0.412 e. The van der Waals surface area contributed by atoms with Gasteiger partial charge in [-0.05, 0) is 37.7 Å². The monoisotopic (exact) mass is 429 g/mol. The molecule has 2 aromatic rings. The number of nitrogens with two attached hydrogens (primary N) is 1. The lowest BCUT2D eigenvalue weighted by Crippen LogP contribution is -2.36. The van der Waals surface area contributed by atoms with Gasteiger partial charge in [0.05, 0.1) is 23.5 Å². The number of hydrogen-bond acceptors (Lipinski definition) is 6. The van der Waals surface area contributed by atoms with E-state index < -0.39 is 10.1 Å². The van der Waals surface area contributed by atoms with Crippen LogP contribution in [0.3, 0.4) is 0 Å². The second kappa shape index (κ2) is 10.7. The van der Waals surface area contributed by atoms with E-state index in [1.165, 1.54) is 0 Å². The van der Waals surface area contributed by atoms with Crippen molar-refractivity contribution in [3.05, 3.63) is 18.5 Å². The van der Waals surface area contributed by atoms with Crippen molar-refractivity contribution < 1.29 is 23.2 Å². The minimum absolute atomic E-state index is 0. The highest BCUT2D eigenvalue weighted by molar-refractivity contribution is 7.85. The maximum atomic E-state index is 12.5. The van der Waals surface area contributed by atoms with Gasteiger partial charge in [-0.25, -0.2) is 4.98 Å². The summed E-state index contributed by atoms with van der Waals surface area (Å²) in [5.41, 5.74) is 6.72. The smallest absolute Gasteiger partial charge is 0.261 e. The largest absolute Gasteiger partial charge is 0.412 e. The maximum Gasteiger partial charge on any atom is 0.261 e. The van der Waals surface area contributed by atoms with E-state index in [1.807, 2.05) is 0 Å². The van der Waals surface area contributed by atoms with Crippen molar-refractivity contribution in [2.24, 2.45) is 17.6 Å². The Hall–Kier alpha value is -2.77. The molecule has 1 aliphatic carbocycles. The van der Waals surface area contributed by atoms with Crippen LogP contribution in [0.5, 0.6) is 0 Å². The van der Waals surface area contributed by atoms with Crippen LogP contribution in [0.15, 0.2) is 18.5 Å². The number of carbonyl (C=O) groups is 1. The van der Waals surface area contributed by atoms with Crippen LogP contribution in [0.4, 0.5) is 5.69 Å². The van der Waals surface area contributed by atoms with Crippen LogP contribution in [0.1, 0.15) is 25.7 Å². The number of aromatic nitrogens is 3. The summed E-state index contributed by atoms with van der Waals surface area (Å²) in [5.74, 6) is 0.562. The number of guanidine groups is 1. The number of fused-ring (bicyclic) bond motifs is 1. The van der Waals surface area contributed by atoms with Crippen molar-refractivity contribution in [3.63, 3.8) is 0 Å². The topological polar surface area (TPSA) is 218 Å². The summed E-state index contributed by atoms with van der Waals surface area (Å²) in [5, 5.41) is 20.6. The van der Waals surface area contributed by atoms with Gasteiger partial charge in [0, 0.05) is 18.7 Å². The van der Waals surface area contributed by atoms with Gasteiger partial charge >= 0.3 is 0 Å². The Balaban J connectivity index is 0.000000628. The molecule has 0 atom stereocenters. The van der Waals surface area contributed by atoms with Crippen LogP contribution >= 0.6 is 0 Å². The van der Waals surface area contributed by atoms with E-state index in [0.29, 0.717) is 24.4 Å². The van der Waals surface area contributed by atoms with E-state index in [4.69, 9.17) is 15.7 Å². The minimum atomic E-state index is -3.67. The van der Waals surface area contributed by atoms with Crippen molar-refractivity contribution in [2.75, 3.05) is 18.1 Å². The van der Waals surface area contributed by atoms with Gasteiger partial charge in [0.1, 0.15) is 0 Å². The van der Waals surface area contributed by atoms with Crippen LogP contribution in [-0.2, 0) is 14.9 Å². The molecule has 0 radical (unpaired) electrons. The molecule has 0 bridgehead atoms. The average molecular weight is 430 g/mol. The summed E-state index contributed by atoms with van der Waals surface area (Å²) < 4.78 is 25.9. The molecule has 0 spiro atoms. The van der Waals surface area contributed by atoms with E-state index >= 15 is 0 Å². The highest BCUT2D eigenvalue weighted by atomic mass is 32.2. The summed E-state index contributed by atoms with van der Waals surface area (Å²) in [4.78, 5) is 16.6. The first-order valence-electron chi connectivity index (χ1n) is 8.72. The third-order valence-electron chi connectivity index (χ3n) is 4.41. The second-order valence-electron chi connectivity index (χ2n) is 6.73. The van der Waals surface area contributed by atoms with E-state index in [9.17, 15) is 13.2 Å². The third kappa shape index (κ3) is 8.41. The number of nitrogens with one attached hydrogen (secondary N) is 4. The van der Waals surface area contributed by atoms with E-state index in [0.717, 1.165) is 36.8 Å². The molecule has 9 N–H and O–H groups in total. The highest BCUT2D eigenvalue weighted by Gasteiger charge is 2.26. The fourth-order valence-corrected chi connectivity index (χ4v) is 3.08. The first-order chi connectivity index (χ1) is 13.1. The summed E-state index contributed by atoms with van der Waals surface area (Å²) in [6.45, 7) is 0.712. The van der Waals surface area contributed by atoms with Crippen LogP contribution < -0.4 is 16.4 Å². The third-order valence-corrected chi connectivity index (χ3v) is 4.41. The van der Waals surface area contributed by atoms with Crippen molar-refractivity contribution in [3.8, 4) is 0 Å². The maximum absolute atomic E-state index is 12.5. The molecule has 12 nitrogen and oxygen atoms in total. The van der Waals surface area contributed by atoms with Gasteiger partial charge < -0.3 is 21.8 Å². The number of amides is 1. The Morgan fingerprint density at radius 3 is 2.59 bits per heavy atom. The zero-order chi connectivity index (χ0) is 20.7. The van der Waals surface area contributed by atoms with Gasteiger partial charge in [-0.2, -0.15) is 13.5 Å². The van der Waals surface area contributed by atoms with Crippen LogP contribution in [0.2, 0.25) is 0 Å². The number of aromatic amines is 1. The Kier molecular flexibility index (Phi) is 8.94. The molecule has 1 saturated carbocycles. The summed E-state index contributed by atoms with van der Waals surface area (Å²) in [7, 11) is -3.67. The number of rotatable bonds is 4. The van der Waals surface area contributed by atoms with Gasteiger partial charge in [-0.15, -0.1) is 0 Å². The van der Waals surface area contributed by atoms with Gasteiger partial charge in [-0.3, -0.25) is 19.9 Å². The molecule has 3 rings (SSSR count). The van der Waals surface area contributed by atoms with E-state index in [-0.39, 0.29) is 23.3 Å². The fraction of sp³-hybridized carbons (Fsp3) is 0.500. The van der Waals surface area contributed by atoms with Crippen molar-refractivity contribution in [1.82, 2.24) is 20.5 Å². The molecule has 29 heavy (non-hydrogen) atoms. The lowest BCUT2D eigenvalue weighted by Gasteiger charge is -2.28. The summed E-state index contributed by atoms with van der Waals surface area (Å²) in [6.07, 6.45) is 7.69. The normalized spacial score (nSPS) is 18.7. The lowest BCUT2D eigenvalue weighted by atomic mass is 9.81. The average Bonchev–Trinajstić information content (AvgIpc) is 3.09. The van der Waals surface area contributed by atoms with Crippen LogP contribution in [0.25, 0.3) is 11.0 Å². The SMILES string of the molecule is CS(=O)(=O)O.N=C(N)NC[C@H]1CC[C@H](C(=O)Nc2ccnc3[nH]ncc23)CC1.O. The van der Waals surface area contributed by atoms with Crippen molar-refractivity contribution >= 4 is 38.7 Å². The molecule has 0 aliphatic heterocycles. The lowest BCUT2D eigenvalue weighted by molar-refractivity contribution is -0.121. The summed E-state index contributed by atoms with van der Waals surface area (Å²) in [6, 6.07) is 1.79. The van der Waals surface area contributed by atoms with Crippen LogP contribution in [0, 0.1) is 17.2 Å². The number of anilines is 1. The molecule has 162 valence electrons. The molecule has 0 unspecified atom stereocenters. The zero-order valence-corrected chi connectivity index (χ0v) is 16.8. The Bertz CT molecular complexity index is 915. The number of H-pyrrole nitrogens is 1. The highest BCUT2D eigenvalue weighted by Crippen LogP contribution is 2.30. The van der Waals surface area contributed by atoms with Gasteiger partial charge in [0.25, 0.3) is 10.1 Å². The molecular weight excluding hydrogens is 402 g/mol. The molecule has 13 heteroatoms. The van der Waals surface area contributed by atoms with E-state index in [2.05, 4.69) is 25.8 Å². The van der Waals surface area contributed by atoms with Gasteiger partial charge in [0.15, 0.2) is 11.6 Å². The number of nitrogens with zero attached hydrogens (tertiary/aromatic N) is 2. The Labute approximate surface area is 168 Å². The standard InChI is InChI=1S/C15H21N7O.CH4O3S.H2O/c16-15(17)19-7-9-1-3-10(4-2-9)14(23)21-12-5-6-18-13-11(12)8-20-22-13;1-5(2,3)4;/h5-6,8-10H,1-4,7H2,(H4,16,17,19)(H2,18,20,21,22,23);1H3,(H,2,3,4);1H2/t9-,10-;;. The van der Waals surface area contributed by atoms with Crippen LogP contribution in [-0.4, -0.2) is 58.3 Å². The predicted octanol–water partition coefficient (Wildman–Crippen LogP) is -0.135. The van der Waals surface area contributed by atoms with Gasteiger partial charge in [-0.1, -0.05) is 0 Å². The van der Waals surface area contributed by atoms with E-state index in [1.54, 1.807) is 18.5 Å². The fourth-order valence-electron chi connectivity index (χ4n) is 3.08. The number of carbonyl (C=O) groups excluding carboxylic acids is 1. The number of hydrogen-bond donors (Lipinski definition) is 6. The van der Waals surface area contributed by atoms with Crippen molar-refractivity contribution in [1.29, 1.82) is 5.41 Å². The molecule has 2 aromatic heterocycles. The quantitative estimate of drug-likeness (QED) is 0.218. The molecule has 0 aromatic carbocycles. The molecule has 2 heterocycles. The Morgan fingerprint density at radius 1 is 1.38 bits per heavy atom. The zero-order valence-electron chi connectivity index (χ0n) is 16.0. The first-order valence-corrected chi connectivity index (χ1v) is 10.6.